The Balaban J connectivity index is 1.71. The molecule has 30 heavy (non-hydrogen) atoms. The van der Waals surface area contributed by atoms with Crippen LogP contribution in [0.2, 0.25) is 0 Å². The molecule has 1 aliphatic rings. The summed E-state index contributed by atoms with van der Waals surface area (Å²) < 4.78 is 43.9. The number of nitrogens with one attached hydrogen (secondary N) is 3. The molecular weight excluding hydrogens is 403 g/mol. The lowest BCUT2D eigenvalue weighted by Crippen LogP contribution is -2.56. The first-order chi connectivity index (χ1) is 14.2. The highest BCUT2D eigenvalue weighted by Crippen LogP contribution is 2.37. The van der Waals surface area contributed by atoms with Crippen LogP contribution in [-0.4, -0.2) is 34.9 Å². The number of halogens is 3. The second kappa shape index (κ2) is 8.66. The van der Waals surface area contributed by atoms with E-state index in [0.717, 1.165) is 13.2 Å². The predicted octanol–water partition coefficient (Wildman–Crippen LogP) is 1.86. The Bertz CT molecular complexity index is 923. The van der Waals surface area contributed by atoms with Crippen molar-refractivity contribution in [2.45, 2.75) is 37.8 Å². The zero-order valence-electron chi connectivity index (χ0n) is 16.2. The van der Waals surface area contributed by atoms with Crippen molar-refractivity contribution in [3.8, 4) is 5.75 Å². The molecule has 11 heteroatoms. The van der Waals surface area contributed by atoms with Crippen LogP contribution < -0.4 is 20.7 Å². The van der Waals surface area contributed by atoms with Crippen molar-refractivity contribution in [1.29, 1.82) is 0 Å². The molecular formula is C19H20F3N5O3. The van der Waals surface area contributed by atoms with Crippen molar-refractivity contribution in [3.63, 3.8) is 0 Å². The smallest absolute Gasteiger partial charge is 0.419 e. The van der Waals surface area contributed by atoms with Gasteiger partial charge in [-0.25, -0.2) is 9.97 Å². The van der Waals surface area contributed by atoms with Crippen molar-refractivity contribution in [1.82, 2.24) is 25.9 Å². The van der Waals surface area contributed by atoms with E-state index in [4.69, 9.17) is 4.74 Å². The highest BCUT2D eigenvalue weighted by molar-refractivity contribution is 5.89. The van der Waals surface area contributed by atoms with Crippen molar-refractivity contribution in [2.75, 3.05) is 7.11 Å². The number of methoxy groups -OCH3 is 1. The zero-order chi connectivity index (χ0) is 21.9. The summed E-state index contributed by atoms with van der Waals surface area (Å²) in [5, 5.41) is 8.33. The van der Waals surface area contributed by atoms with Crippen LogP contribution in [0.5, 0.6) is 5.75 Å². The van der Waals surface area contributed by atoms with Gasteiger partial charge in [-0.3, -0.25) is 14.9 Å². The van der Waals surface area contributed by atoms with E-state index in [1.54, 1.807) is 13.0 Å². The molecule has 1 aliphatic heterocycles. The van der Waals surface area contributed by atoms with Crippen LogP contribution in [-0.2, 0) is 15.8 Å². The maximum absolute atomic E-state index is 13.0. The van der Waals surface area contributed by atoms with Gasteiger partial charge in [-0.15, -0.1) is 0 Å². The lowest BCUT2D eigenvalue weighted by Gasteiger charge is -2.30. The first-order valence-corrected chi connectivity index (χ1v) is 9.07. The summed E-state index contributed by atoms with van der Waals surface area (Å²) in [5.74, 6) is -0.853. The van der Waals surface area contributed by atoms with E-state index < -0.39 is 35.9 Å². The molecule has 2 heterocycles. The number of hydrogen-bond donors (Lipinski definition) is 3. The van der Waals surface area contributed by atoms with E-state index in [1.807, 2.05) is 0 Å². The van der Waals surface area contributed by atoms with Crippen LogP contribution in [0.15, 0.2) is 36.7 Å². The average Bonchev–Trinajstić information content (AvgIpc) is 2.72. The van der Waals surface area contributed by atoms with Gasteiger partial charge in [0.2, 0.25) is 11.8 Å². The number of carbonyl (C=O) groups excluding carboxylic acids is 2. The topological polar surface area (TPSA) is 105 Å². The molecule has 3 atom stereocenters. The molecule has 0 aliphatic carbocycles. The lowest BCUT2D eigenvalue weighted by molar-refractivity contribution is -0.138. The van der Waals surface area contributed by atoms with E-state index in [9.17, 15) is 22.8 Å². The molecule has 1 aromatic heterocycles. The fourth-order valence-corrected chi connectivity index (χ4v) is 3.08. The van der Waals surface area contributed by atoms with Crippen LogP contribution in [0.4, 0.5) is 13.2 Å². The van der Waals surface area contributed by atoms with Crippen molar-refractivity contribution in [2.24, 2.45) is 0 Å². The molecule has 2 aromatic rings. The van der Waals surface area contributed by atoms with E-state index in [2.05, 4.69) is 25.9 Å². The lowest BCUT2D eigenvalue weighted by atomic mass is 10.0. The average molecular weight is 423 g/mol. The summed E-state index contributed by atoms with van der Waals surface area (Å²) in [7, 11) is 1.15. The summed E-state index contributed by atoms with van der Waals surface area (Å²) >= 11 is 0. The minimum atomic E-state index is -4.55. The first-order valence-electron chi connectivity index (χ1n) is 9.07. The minimum Gasteiger partial charge on any atom is -0.496 e. The Kier molecular flexibility index (Phi) is 6.20. The monoisotopic (exact) mass is 423 g/mol. The van der Waals surface area contributed by atoms with Crippen LogP contribution in [0, 0.1) is 0 Å². The maximum Gasteiger partial charge on any atom is 0.419 e. The van der Waals surface area contributed by atoms with Gasteiger partial charge in [0.1, 0.15) is 11.9 Å². The van der Waals surface area contributed by atoms with E-state index in [0.29, 0.717) is 11.4 Å². The van der Waals surface area contributed by atoms with Crippen LogP contribution >= 0.6 is 0 Å². The fraction of sp³-hybridized carbons (Fsp3) is 0.368. The molecule has 3 N–H and O–H groups in total. The number of carbonyl (C=O) groups is 2. The molecule has 2 amide bonds. The van der Waals surface area contributed by atoms with Gasteiger partial charge in [0.15, 0.2) is 5.82 Å². The Morgan fingerprint density at radius 2 is 2.00 bits per heavy atom. The molecule has 1 aromatic carbocycles. The number of ether oxygens (including phenoxy) is 1. The first kappa shape index (κ1) is 21.5. The minimum absolute atomic E-state index is 0.0990. The SMILES string of the molecule is COc1cc(C(C)NC(=O)C2CC(=O)NC(c3ncccn3)N2)ccc1C(F)(F)F. The molecule has 8 nitrogen and oxygen atoms in total. The van der Waals surface area contributed by atoms with Gasteiger partial charge in [-0.05, 0) is 30.7 Å². The molecule has 0 spiro atoms. The Morgan fingerprint density at radius 1 is 1.30 bits per heavy atom. The van der Waals surface area contributed by atoms with Gasteiger partial charge >= 0.3 is 6.18 Å². The number of benzene rings is 1. The summed E-state index contributed by atoms with van der Waals surface area (Å²) in [6, 6.07) is 3.57. The Labute approximate surface area is 170 Å². The second-order valence-electron chi connectivity index (χ2n) is 6.72. The number of rotatable bonds is 5. The normalized spacial score (nSPS) is 20.2. The maximum atomic E-state index is 13.0. The quantitative estimate of drug-likeness (QED) is 0.678. The third-order valence-electron chi connectivity index (χ3n) is 4.61. The van der Waals surface area contributed by atoms with Gasteiger partial charge in [0, 0.05) is 12.4 Å². The number of alkyl halides is 3. The van der Waals surface area contributed by atoms with Gasteiger partial charge in [-0.2, -0.15) is 13.2 Å². The number of aromatic nitrogens is 2. The molecule has 0 saturated carbocycles. The molecule has 1 saturated heterocycles. The van der Waals surface area contributed by atoms with Crippen molar-refractivity contribution < 1.29 is 27.5 Å². The standard InChI is InChI=1S/C19H20F3N5O3/c1-10(11-4-5-12(19(20,21)22)14(8-11)30-2)25-18(29)13-9-15(28)27-17(26-13)16-23-6-3-7-24-16/h3-8,10,13,17,26H,9H2,1-2H3,(H,25,29)(H,27,28). The third kappa shape index (κ3) is 4.85. The fourth-order valence-electron chi connectivity index (χ4n) is 3.08. The molecule has 3 rings (SSSR count). The number of hydrogen-bond acceptors (Lipinski definition) is 6. The molecule has 1 fully saturated rings. The summed E-state index contributed by atoms with van der Waals surface area (Å²) in [4.78, 5) is 32.8. The third-order valence-corrected chi connectivity index (χ3v) is 4.61. The zero-order valence-corrected chi connectivity index (χ0v) is 16.2. The van der Waals surface area contributed by atoms with Crippen molar-refractivity contribution >= 4 is 11.8 Å². The van der Waals surface area contributed by atoms with Crippen LogP contribution in [0.3, 0.4) is 0 Å². The number of amides is 2. The summed E-state index contributed by atoms with van der Waals surface area (Å²) in [5.41, 5.74) is -0.472. The van der Waals surface area contributed by atoms with Gasteiger partial charge in [0.05, 0.1) is 31.2 Å². The van der Waals surface area contributed by atoms with E-state index in [1.165, 1.54) is 24.5 Å². The molecule has 0 radical (unpaired) electrons. The largest absolute Gasteiger partial charge is 0.496 e. The Morgan fingerprint density at radius 3 is 2.63 bits per heavy atom. The van der Waals surface area contributed by atoms with Crippen LogP contribution in [0.1, 0.15) is 42.5 Å². The molecule has 0 bridgehead atoms. The van der Waals surface area contributed by atoms with E-state index in [-0.39, 0.29) is 18.1 Å². The highest BCUT2D eigenvalue weighted by atomic mass is 19.4. The van der Waals surface area contributed by atoms with Gasteiger partial charge < -0.3 is 15.4 Å². The summed E-state index contributed by atoms with van der Waals surface area (Å²) in [6.45, 7) is 1.63. The van der Waals surface area contributed by atoms with Crippen molar-refractivity contribution in [3.05, 3.63) is 53.6 Å². The molecule has 3 unspecified atom stereocenters. The van der Waals surface area contributed by atoms with Crippen LogP contribution in [0.25, 0.3) is 0 Å². The molecule has 160 valence electrons. The highest BCUT2D eigenvalue weighted by Gasteiger charge is 2.35. The predicted molar refractivity (Wildman–Crippen MR) is 99.0 cm³/mol. The summed E-state index contributed by atoms with van der Waals surface area (Å²) in [6.07, 6.45) is -2.35. The number of nitrogens with zero attached hydrogens (tertiary/aromatic N) is 2. The van der Waals surface area contributed by atoms with E-state index >= 15 is 0 Å². The van der Waals surface area contributed by atoms with Gasteiger partial charge in [-0.1, -0.05) is 6.07 Å². The van der Waals surface area contributed by atoms with Gasteiger partial charge in [0.25, 0.3) is 0 Å². The Hall–Kier alpha value is -3.21. The second-order valence-corrected chi connectivity index (χ2v) is 6.72.